The average Bonchev–Trinajstić information content (AvgIpc) is 2.20. The number of pyridine rings is 1. The zero-order chi connectivity index (χ0) is 9.68. The molecule has 4 nitrogen and oxygen atoms in total. The lowest BCUT2D eigenvalue weighted by Gasteiger charge is -2.05. The van der Waals surface area contributed by atoms with Crippen molar-refractivity contribution in [2.24, 2.45) is 0 Å². The number of methoxy groups -OCH3 is 2. The summed E-state index contributed by atoms with van der Waals surface area (Å²) in [6, 6.07) is 3.39. The second-order valence-electron chi connectivity index (χ2n) is 2.28. The summed E-state index contributed by atoms with van der Waals surface area (Å²) in [5.41, 5.74) is 0.719. The van der Waals surface area contributed by atoms with Gasteiger partial charge in [-0.05, 0) is 6.07 Å². The van der Waals surface area contributed by atoms with Gasteiger partial charge in [-0.3, -0.25) is 0 Å². The molecule has 0 aromatic carbocycles. The van der Waals surface area contributed by atoms with Gasteiger partial charge in [0.2, 0.25) is 5.88 Å². The Labute approximate surface area is 76.4 Å². The third-order valence-electron chi connectivity index (χ3n) is 1.57. The molecule has 0 radical (unpaired) electrons. The molecule has 4 heteroatoms. The van der Waals surface area contributed by atoms with E-state index in [2.05, 4.69) is 4.98 Å². The summed E-state index contributed by atoms with van der Waals surface area (Å²) in [7, 11) is 3.01. The molecule has 0 aliphatic heterocycles. The molecule has 0 fully saturated rings. The van der Waals surface area contributed by atoms with E-state index in [1.54, 1.807) is 18.3 Å². The molecule has 1 N–H and O–H groups in total. The van der Waals surface area contributed by atoms with Crippen LogP contribution in [0, 0.1) is 0 Å². The smallest absolute Gasteiger partial charge is 0.213 e. The fraction of sp³-hybridized carbons (Fsp3) is 0.222. The van der Waals surface area contributed by atoms with Gasteiger partial charge in [0.1, 0.15) is 6.26 Å². The number of hydrogen-bond donors (Lipinski definition) is 1. The van der Waals surface area contributed by atoms with Gasteiger partial charge >= 0.3 is 0 Å². The Morgan fingerprint density at radius 3 is 2.85 bits per heavy atom. The van der Waals surface area contributed by atoms with E-state index in [4.69, 9.17) is 14.6 Å². The van der Waals surface area contributed by atoms with Gasteiger partial charge in [-0.25, -0.2) is 4.98 Å². The lowest BCUT2D eigenvalue weighted by atomic mass is 10.2. The molecule has 1 heterocycles. The molecule has 13 heavy (non-hydrogen) atoms. The predicted molar refractivity (Wildman–Crippen MR) is 48.4 cm³/mol. The van der Waals surface area contributed by atoms with Gasteiger partial charge in [-0.2, -0.15) is 0 Å². The number of aliphatic hydroxyl groups excluding tert-OH is 1. The minimum atomic E-state index is 0.376. The first-order chi connectivity index (χ1) is 6.31. The van der Waals surface area contributed by atoms with Crippen LogP contribution in [0.2, 0.25) is 0 Å². The number of ether oxygens (including phenoxy) is 2. The normalized spacial score (nSPS) is 11.1. The van der Waals surface area contributed by atoms with Crippen LogP contribution in [0.3, 0.4) is 0 Å². The monoisotopic (exact) mass is 181 g/mol. The van der Waals surface area contributed by atoms with Crippen molar-refractivity contribution < 1.29 is 14.6 Å². The van der Waals surface area contributed by atoms with E-state index in [-0.39, 0.29) is 0 Å². The molecule has 0 amide bonds. The number of rotatable bonds is 3. The number of aliphatic hydroxyl groups is 1. The summed E-state index contributed by atoms with van der Waals surface area (Å²) < 4.78 is 9.83. The van der Waals surface area contributed by atoms with Gasteiger partial charge < -0.3 is 14.6 Å². The van der Waals surface area contributed by atoms with Crippen LogP contribution >= 0.6 is 0 Å². The van der Waals surface area contributed by atoms with Crippen LogP contribution in [0.5, 0.6) is 5.88 Å². The van der Waals surface area contributed by atoms with Gasteiger partial charge in [0.15, 0.2) is 5.76 Å². The first-order valence-electron chi connectivity index (χ1n) is 3.70. The Bertz CT molecular complexity index is 309. The van der Waals surface area contributed by atoms with Crippen molar-refractivity contribution in [3.8, 4) is 5.88 Å². The predicted octanol–water partition coefficient (Wildman–Crippen LogP) is 1.59. The Morgan fingerprint density at radius 1 is 1.54 bits per heavy atom. The number of hydrogen-bond acceptors (Lipinski definition) is 4. The van der Waals surface area contributed by atoms with Gasteiger partial charge in [0, 0.05) is 17.8 Å². The molecule has 0 atom stereocenters. The first-order valence-corrected chi connectivity index (χ1v) is 3.70. The van der Waals surface area contributed by atoms with E-state index >= 15 is 0 Å². The van der Waals surface area contributed by atoms with Crippen molar-refractivity contribution in [2.45, 2.75) is 0 Å². The van der Waals surface area contributed by atoms with Crippen LogP contribution in [0.4, 0.5) is 0 Å². The topological polar surface area (TPSA) is 51.6 Å². The number of nitrogens with zero attached hydrogens (tertiary/aromatic N) is 1. The Morgan fingerprint density at radius 2 is 2.31 bits per heavy atom. The van der Waals surface area contributed by atoms with Crippen LogP contribution < -0.4 is 4.74 Å². The van der Waals surface area contributed by atoms with Crippen LogP contribution in [0.1, 0.15) is 5.56 Å². The van der Waals surface area contributed by atoms with E-state index in [9.17, 15) is 0 Å². The maximum absolute atomic E-state index is 8.79. The summed E-state index contributed by atoms with van der Waals surface area (Å²) in [5, 5.41) is 8.79. The minimum absolute atomic E-state index is 0.376. The molecule has 0 bridgehead atoms. The van der Waals surface area contributed by atoms with Crippen molar-refractivity contribution >= 4 is 5.76 Å². The minimum Gasteiger partial charge on any atom is -0.512 e. The molecular formula is C9H11NO3. The Balaban J connectivity index is 3.00. The zero-order valence-electron chi connectivity index (χ0n) is 7.52. The molecule has 70 valence electrons. The van der Waals surface area contributed by atoms with Crippen molar-refractivity contribution in [2.75, 3.05) is 14.2 Å². The standard InChI is InChI=1S/C9H11NO3/c1-12-8(6-11)7-3-4-10-9(5-7)13-2/h3-6,11H,1-2H3. The van der Waals surface area contributed by atoms with Crippen molar-refractivity contribution in [3.05, 3.63) is 30.2 Å². The third kappa shape index (κ3) is 2.11. The van der Waals surface area contributed by atoms with Crippen LogP contribution in [-0.4, -0.2) is 24.3 Å². The molecule has 1 aromatic rings. The molecule has 0 saturated heterocycles. The quantitative estimate of drug-likeness (QED) is 0.719. The van der Waals surface area contributed by atoms with E-state index in [1.165, 1.54) is 14.2 Å². The molecule has 0 spiro atoms. The highest BCUT2D eigenvalue weighted by molar-refractivity contribution is 5.58. The summed E-state index contributed by atoms with van der Waals surface area (Å²) in [4.78, 5) is 3.92. The van der Waals surface area contributed by atoms with Gasteiger partial charge in [-0.15, -0.1) is 0 Å². The second-order valence-corrected chi connectivity index (χ2v) is 2.28. The maximum Gasteiger partial charge on any atom is 0.213 e. The van der Waals surface area contributed by atoms with E-state index in [0.29, 0.717) is 11.6 Å². The first kappa shape index (κ1) is 9.38. The second kappa shape index (κ2) is 4.35. The fourth-order valence-electron chi connectivity index (χ4n) is 0.919. The largest absolute Gasteiger partial charge is 0.512 e. The van der Waals surface area contributed by atoms with Crippen LogP contribution in [0.25, 0.3) is 5.76 Å². The number of aromatic nitrogens is 1. The summed E-state index contributed by atoms with van der Waals surface area (Å²) in [5.74, 6) is 0.856. The van der Waals surface area contributed by atoms with E-state index in [1.807, 2.05) is 0 Å². The highest BCUT2D eigenvalue weighted by Crippen LogP contribution is 2.17. The summed E-state index contributed by atoms with van der Waals surface area (Å²) in [6.45, 7) is 0. The molecule has 1 rings (SSSR count). The summed E-state index contributed by atoms with van der Waals surface area (Å²) in [6.07, 6.45) is 2.48. The average molecular weight is 181 g/mol. The van der Waals surface area contributed by atoms with Crippen LogP contribution in [-0.2, 0) is 4.74 Å². The maximum atomic E-state index is 8.79. The molecular weight excluding hydrogens is 170 g/mol. The lowest BCUT2D eigenvalue weighted by Crippen LogP contribution is -1.91. The molecule has 0 saturated carbocycles. The van der Waals surface area contributed by atoms with Crippen molar-refractivity contribution in [3.63, 3.8) is 0 Å². The van der Waals surface area contributed by atoms with Gasteiger partial charge in [-0.1, -0.05) is 0 Å². The Kier molecular flexibility index (Phi) is 3.14. The fourth-order valence-corrected chi connectivity index (χ4v) is 0.919. The van der Waals surface area contributed by atoms with Gasteiger partial charge in [0.05, 0.1) is 14.2 Å². The van der Waals surface area contributed by atoms with E-state index < -0.39 is 0 Å². The molecule has 0 unspecified atom stereocenters. The third-order valence-corrected chi connectivity index (χ3v) is 1.57. The van der Waals surface area contributed by atoms with Gasteiger partial charge in [0.25, 0.3) is 0 Å². The molecule has 0 aliphatic rings. The van der Waals surface area contributed by atoms with Crippen molar-refractivity contribution in [1.82, 2.24) is 4.98 Å². The SMILES string of the molecule is COC(=CO)c1ccnc(OC)c1. The highest BCUT2D eigenvalue weighted by atomic mass is 16.5. The summed E-state index contributed by atoms with van der Waals surface area (Å²) >= 11 is 0. The lowest BCUT2D eigenvalue weighted by molar-refractivity contribution is 0.347. The molecule has 1 aromatic heterocycles. The van der Waals surface area contributed by atoms with Crippen LogP contribution in [0.15, 0.2) is 24.6 Å². The molecule has 0 aliphatic carbocycles. The van der Waals surface area contributed by atoms with Crippen molar-refractivity contribution in [1.29, 1.82) is 0 Å². The Hall–Kier alpha value is -1.71. The van der Waals surface area contributed by atoms with E-state index in [0.717, 1.165) is 11.8 Å². The highest BCUT2D eigenvalue weighted by Gasteiger charge is 2.02. The zero-order valence-corrected chi connectivity index (χ0v) is 7.52.